The van der Waals surface area contributed by atoms with E-state index in [2.05, 4.69) is 15.3 Å². The van der Waals surface area contributed by atoms with E-state index in [-0.39, 0.29) is 0 Å². The second-order valence-electron chi connectivity index (χ2n) is 5.89. The molecule has 0 aliphatic carbocycles. The Bertz CT molecular complexity index is 988. The van der Waals surface area contributed by atoms with E-state index in [0.717, 1.165) is 0 Å². The van der Waals surface area contributed by atoms with Gasteiger partial charge in [0.25, 0.3) is 5.91 Å². The summed E-state index contributed by atoms with van der Waals surface area (Å²) in [6, 6.07) is 12.5. The smallest absolute Gasteiger partial charge is 0.351 e. The van der Waals surface area contributed by atoms with Crippen LogP contribution >= 0.6 is 11.3 Å². The lowest BCUT2D eigenvalue weighted by Gasteiger charge is -2.14. The number of nitrogens with zero attached hydrogens (tertiary/aromatic N) is 2. The Hall–Kier alpha value is -3.26. The van der Waals surface area contributed by atoms with Gasteiger partial charge in [0.15, 0.2) is 6.10 Å². The number of carbonyl (C=O) groups is 2. The number of ether oxygens (including phenoxy) is 2. The number of benzene rings is 1. The van der Waals surface area contributed by atoms with Crippen molar-refractivity contribution in [1.82, 2.24) is 9.97 Å². The highest BCUT2D eigenvalue weighted by atomic mass is 32.1. The minimum Gasteiger partial charge on any atom is -0.495 e. The van der Waals surface area contributed by atoms with Crippen molar-refractivity contribution < 1.29 is 19.1 Å². The molecule has 28 heavy (non-hydrogen) atoms. The van der Waals surface area contributed by atoms with Crippen LogP contribution in [0, 0.1) is 6.92 Å². The highest BCUT2D eigenvalue weighted by Crippen LogP contribution is 2.27. The number of para-hydroxylation sites is 2. The average molecular weight is 397 g/mol. The number of hydrogen-bond donors (Lipinski definition) is 1. The molecule has 0 fully saturated rings. The zero-order valence-corrected chi connectivity index (χ0v) is 16.4. The monoisotopic (exact) mass is 397 g/mol. The average Bonchev–Trinajstić information content (AvgIpc) is 3.10. The number of esters is 1. The van der Waals surface area contributed by atoms with E-state index in [4.69, 9.17) is 9.47 Å². The van der Waals surface area contributed by atoms with Gasteiger partial charge in [0.2, 0.25) is 0 Å². The van der Waals surface area contributed by atoms with E-state index >= 15 is 0 Å². The van der Waals surface area contributed by atoms with E-state index in [9.17, 15) is 9.59 Å². The van der Waals surface area contributed by atoms with Crippen molar-refractivity contribution in [2.24, 2.45) is 0 Å². The number of thiazole rings is 1. The highest BCUT2D eigenvalue weighted by Gasteiger charge is 2.24. The Kier molecular flexibility index (Phi) is 6.00. The van der Waals surface area contributed by atoms with Crippen LogP contribution in [0.4, 0.5) is 5.69 Å². The quantitative estimate of drug-likeness (QED) is 0.638. The fraction of sp³-hybridized carbons (Fsp3) is 0.200. The van der Waals surface area contributed by atoms with Crippen LogP contribution < -0.4 is 10.1 Å². The summed E-state index contributed by atoms with van der Waals surface area (Å²) in [5, 5.41) is 3.32. The zero-order chi connectivity index (χ0) is 20.1. The SMILES string of the molecule is COc1ccccc1NC(=O)[C@@H](C)OC(=O)c1sc(-c2ccccn2)nc1C. The topological polar surface area (TPSA) is 90.4 Å². The number of nitrogens with one attached hydrogen (secondary N) is 1. The lowest BCUT2D eigenvalue weighted by atomic mass is 10.2. The lowest BCUT2D eigenvalue weighted by Crippen LogP contribution is -2.30. The van der Waals surface area contributed by atoms with Gasteiger partial charge in [-0.1, -0.05) is 18.2 Å². The van der Waals surface area contributed by atoms with Gasteiger partial charge in [0, 0.05) is 6.20 Å². The van der Waals surface area contributed by atoms with Crippen molar-refractivity contribution in [3.8, 4) is 16.5 Å². The van der Waals surface area contributed by atoms with Crippen LogP contribution in [0.25, 0.3) is 10.7 Å². The number of aryl methyl sites for hydroxylation is 1. The molecule has 1 aromatic carbocycles. The molecular formula is C20H19N3O4S. The van der Waals surface area contributed by atoms with E-state index in [1.54, 1.807) is 43.5 Å². The van der Waals surface area contributed by atoms with Crippen molar-refractivity contribution in [3.63, 3.8) is 0 Å². The van der Waals surface area contributed by atoms with Crippen LogP contribution in [0.5, 0.6) is 5.75 Å². The Morgan fingerprint density at radius 3 is 2.61 bits per heavy atom. The summed E-state index contributed by atoms with van der Waals surface area (Å²) in [4.78, 5) is 33.9. The summed E-state index contributed by atoms with van der Waals surface area (Å²) in [6.45, 7) is 3.23. The van der Waals surface area contributed by atoms with Crippen LogP contribution in [0.15, 0.2) is 48.7 Å². The lowest BCUT2D eigenvalue weighted by molar-refractivity contribution is -0.123. The van der Waals surface area contributed by atoms with Crippen molar-refractivity contribution in [2.75, 3.05) is 12.4 Å². The molecule has 1 atom stereocenters. The first-order valence-corrected chi connectivity index (χ1v) is 9.35. The molecule has 144 valence electrons. The molecular weight excluding hydrogens is 378 g/mol. The summed E-state index contributed by atoms with van der Waals surface area (Å²) in [5.41, 5.74) is 1.72. The molecule has 7 nitrogen and oxygen atoms in total. The first kappa shape index (κ1) is 19.5. The largest absolute Gasteiger partial charge is 0.495 e. The van der Waals surface area contributed by atoms with E-state index < -0.39 is 18.0 Å². The standard InChI is InChI=1S/C20H19N3O4S/c1-12-17(28-19(22-12)15-9-6-7-11-21-15)20(25)27-13(2)18(24)23-14-8-4-5-10-16(14)26-3/h4-11,13H,1-3H3,(H,23,24)/t13-/m1/s1. The summed E-state index contributed by atoms with van der Waals surface area (Å²) in [5.74, 6) is -0.530. The molecule has 8 heteroatoms. The molecule has 1 amide bonds. The number of rotatable bonds is 6. The minimum absolute atomic E-state index is 0.345. The van der Waals surface area contributed by atoms with Gasteiger partial charge in [-0.25, -0.2) is 9.78 Å². The second kappa shape index (κ2) is 8.62. The number of carbonyl (C=O) groups excluding carboxylic acids is 2. The van der Waals surface area contributed by atoms with Crippen molar-refractivity contribution in [1.29, 1.82) is 0 Å². The van der Waals surface area contributed by atoms with Gasteiger partial charge in [-0.3, -0.25) is 9.78 Å². The molecule has 3 rings (SSSR count). The molecule has 3 aromatic rings. The molecule has 0 aliphatic heterocycles. The van der Waals surface area contributed by atoms with E-state index in [0.29, 0.717) is 32.7 Å². The fourth-order valence-electron chi connectivity index (χ4n) is 2.43. The number of pyridine rings is 1. The second-order valence-corrected chi connectivity index (χ2v) is 6.88. The molecule has 2 heterocycles. The number of amides is 1. The molecule has 0 unspecified atom stereocenters. The third-order valence-electron chi connectivity index (χ3n) is 3.88. The molecule has 0 saturated heterocycles. The zero-order valence-electron chi connectivity index (χ0n) is 15.6. The van der Waals surface area contributed by atoms with Crippen LogP contribution in [0.1, 0.15) is 22.3 Å². The first-order chi connectivity index (χ1) is 13.5. The van der Waals surface area contributed by atoms with Crippen LogP contribution in [-0.2, 0) is 9.53 Å². The molecule has 0 radical (unpaired) electrons. The number of methoxy groups -OCH3 is 1. The van der Waals surface area contributed by atoms with Gasteiger partial charge < -0.3 is 14.8 Å². The van der Waals surface area contributed by atoms with Gasteiger partial charge in [-0.05, 0) is 38.1 Å². The number of anilines is 1. The predicted molar refractivity (Wildman–Crippen MR) is 107 cm³/mol. The van der Waals surface area contributed by atoms with E-state index in [1.165, 1.54) is 25.4 Å². The molecule has 0 saturated carbocycles. The highest BCUT2D eigenvalue weighted by molar-refractivity contribution is 7.17. The molecule has 0 bridgehead atoms. The summed E-state index contributed by atoms with van der Waals surface area (Å²) in [7, 11) is 1.51. The maximum atomic E-state index is 12.5. The predicted octanol–water partition coefficient (Wildman–Crippen LogP) is 3.71. The van der Waals surface area contributed by atoms with Crippen molar-refractivity contribution in [2.45, 2.75) is 20.0 Å². The Morgan fingerprint density at radius 1 is 1.14 bits per heavy atom. The van der Waals surface area contributed by atoms with Crippen LogP contribution in [0.3, 0.4) is 0 Å². The third kappa shape index (κ3) is 4.34. The molecule has 0 aliphatic rings. The first-order valence-electron chi connectivity index (χ1n) is 8.53. The maximum absolute atomic E-state index is 12.5. The van der Waals surface area contributed by atoms with Gasteiger partial charge in [-0.2, -0.15) is 0 Å². The van der Waals surface area contributed by atoms with Gasteiger partial charge in [0.1, 0.15) is 15.6 Å². The fourth-order valence-corrected chi connectivity index (χ4v) is 3.36. The summed E-state index contributed by atoms with van der Waals surface area (Å²) >= 11 is 1.18. The minimum atomic E-state index is -0.989. The van der Waals surface area contributed by atoms with Gasteiger partial charge in [-0.15, -0.1) is 11.3 Å². The van der Waals surface area contributed by atoms with E-state index in [1.807, 2.05) is 12.1 Å². The third-order valence-corrected chi connectivity index (χ3v) is 5.04. The molecule has 1 N–H and O–H groups in total. The van der Waals surface area contributed by atoms with Crippen LogP contribution in [-0.4, -0.2) is 35.1 Å². The number of hydrogen-bond acceptors (Lipinski definition) is 7. The molecule has 0 spiro atoms. The molecule has 2 aromatic heterocycles. The maximum Gasteiger partial charge on any atom is 0.351 e. The summed E-state index contributed by atoms with van der Waals surface area (Å²) in [6.07, 6.45) is 0.672. The van der Waals surface area contributed by atoms with Gasteiger partial charge in [0.05, 0.1) is 24.2 Å². The Labute approximate surface area is 166 Å². The van der Waals surface area contributed by atoms with Crippen LogP contribution in [0.2, 0.25) is 0 Å². The Morgan fingerprint density at radius 2 is 1.89 bits per heavy atom. The normalized spacial score (nSPS) is 11.5. The van der Waals surface area contributed by atoms with Crippen molar-refractivity contribution in [3.05, 3.63) is 59.2 Å². The van der Waals surface area contributed by atoms with Gasteiger partial charge >= 0.3 is 5.97 Å². The summed E-state index contributed by atoms with van der Waals surface area (Å²) < 4.78 is 10.5. The Balaban J connectivity index is 1.69. The van der Waals surface area contributed by atoms with Crippen molar-refractivity contribution >= 4 is 28.9 Å². The number of aromatic nitrogens is 2.